The Morgan fingerprint density at radius 1 is 1.00 bits per heavy atom. The first kappa shape index (κ1) is 17.0. The van der Waals surface area contributed by atoms with Crippen LogP contribution in [0.3, 0.4) is 0 Å². The zero-order valence-corrected chi connectivity index (χ0v) is 7.94. The van der Waals surface area contributed by atoms with Crippen LogP contribution >= 0.6 is 0 Å². The Hall–Kier alpha value is -0.448. The van der Waals surface area contributed by atoms with Gasteiger partial charge >= 0.3 is 32.4 Å². The van der Waals surface area contributed by atoms with Gasteiger partial charge in [-0.2, -0.15) is 13.2 Å². The van der Waals surface area contributed by atoms with Gasteiger partial charge in [-0.05, 0) is 0 Å². The third kappa shape index (κ3) is 9.85. The van der Waals surface area contributed by atoms with E-state index in [1.54, 1.807) is 6.07 Å². The molecule has 0 aliphatic heterocycles. The Bertz CT molecular complexity index is 258. The molecular formula is C7H9BF3LiO3. The quantitative estimate of drug-likeness (QED) is 0.430. The van der Waals surface area contributed by atoms with E-state index in [0.29, 0.717) is 0 Å². The molecule has 0 radical (unpaired) electrons. The summed E-state index contributed by atoms with van der Waals surface area (Å²) in [7, 11) is -2.17. The van der Waals surface area contributed by atoms with Crippen molar-refractivity contribution in [2.45, 2.75) is 6.18 Å². The molecule has 8 heteroatoms. The summed E-state index contributed by atoms with van der Waals surface area (Å²) in [5.41, 5.74) is -0.602. The molecule has 0 saturated carbocycles. The van der Waals surface area contributed by atoms with Gasteiger partial charge in [0.1, 0.15) is 0 Å². The van der Waals surface area contributed by atoms with Crippen molar-refractivity contribution in [3.63, 3.8) is 0 Å². The van der Waals surface area contributed by atoms with Gasteiger partial charge in [0, 0.05) is 0 Å². The van der Waals surface area contributed by atoms with Gasteiger partial charge in [-0.1, -0.05) is 30.3 Å². The van der Waals surface area contributed by atoms with Crippen LogP contribution in [0.1, 0.15) is 6.99 Å². The van der Waals surface area contributed by atoms with Crippen LogP contribution in [-0.2, 0) is 6.18 Å². The van der Waals surface area contributed by atoms with Gasteiger partial charge in [-0.3, -0.25) is 0 Å². The first-order valence-corrected chi connectivity index (χ1v) is 3.50. The average molecular weight is 216 g/mol. The van der Waals surface area contributed by atoms with Crippen molar-refractivity contribution in [2.75, 3.05) is 0 Å². The maximum atomic E-state index is 11.8. The number of alkyl halides is 3. The third-order valence-corrected chi connectivity index (χ3v) is 1.10. The SMILES string of the molecule is FC(F)(F)c1ccccc1.OB(O)O.[H-].[Li+]. The molecule has 0 unspecified atom stereocenters. The van der Waals surface area contributed by atoms with Crippen LogP contribution in [0.2, 0.25) is 0 Å². The minimum absolute atomic E-state index is 0. The Morgan fingerprint density at radius 3 is 1.53 bits per heavy atom. The topological polar surface area (TPSA) is 60.7 Å². The van der Waals surface area contributed by atoms with Crippen LogP contribution in [0.4, 0.5) is 13.2 Å². The molecule has 15 heavy (non-hydrogen) atoms. The summed E-state index contributed by atoms with van der Waals surface area (Å²) in [6.45, 7) is 0. The number of rotatable bonds is 0. The van der Waals surface area contributed by atoms with Crippen LogP contribution in [0.25, 0.3) is 0 Å². The summed E-state index contributed by atoms with van der Waals surface area (Å²) in [6, 6.07) is 6.36. The van der Waals surface area contributed by atoms with Gasteiger partial charge in [0.15, 0.2) is 0 Å². The molecule has 1 aromatic carbocycles. The molecule has 0 aliphatic rings. The summed E-state index contributed by atoms with van der Waals surface area (Å²) in [4.78, 5) is 0. The molecule has 0 aromatic heterocycles. The number of halogens is 3. The Kier molecular flexibility index (Phi) is 8.81. The summed E-state index contributed by atoms with van der Waals surface area (Å²) >= 11 is 0. The summed E-state index contributed by atoms with van der Waals surface area (Å²) in [5.74, 6) is 0. The molecular weight excluding hydrogens is 207 g/mol. The van der Waals surface area contributed by atoms with Gasteiger partial charge in [-0.15, -0.1) is 0 Å². The summed E-state index contributed by atoms with van der Waals surface area (Å²) in [5, 5.41) is 21.5. The van der Waals surface area contributed by atoms with Crippen LogP contribution in [0.15, 0.2) is 30.3 Å². The monoisotopic (exact) mass is 216 g/mol. The van der Waals surface area contributed by atoms with E-state index in [2.05, 4.69) is 0 Å². The standard InChI is InChI=1S/C7H5F3.BH3O3.Li.H/c8-7(9,10)6-4-2-1-3-5-6;2-1(3)4;;/h1-5H;2-4H;;/q;;+1;-1. The first-order chi connectivity index (χ1) is 6.34. The van der Waals surface area contributed by atoms with Gasteiger partial charge in [0.05, 0.1) is 5.56 Å². The van der Waals surface area contributed by atoms with Crippen LogP contribution in [0, 0.1) is 0 Å². The summed E-state index contributed by atoms with van der Waals surface area (Å²) in [6.07, 6.45) is -4.21. The fourth-order valence-electron chi connectivity index (χ4n) is 0.627. The predicted octanol–water partition coefficient (Wildman–Crippen LogP) is -2.23. The van der Waals surface area contributed by atoms with E-state index in [-0.39, 0.29) is 20.3 Å². The second-order valence-corrected chi connectivity index (χ2v) is 2.21. The molecule has 0 aliphatic carbocycles. The van der Waals surface area contributed by atoms with E-state index in [9.17, 15) is 13.2 Å². The normalized spacial score (nSPS) is 9.47. The zero-order chi connectivity index (χ0) is 11.2. The summed E-state index contributed by atoms with van der Waals surface area (Å²) < 4.78 is 35.4. The smallest absolute Gasteiger partial charge is 1.00 e. The van der Waals surface area contributed by atoms with E-state index >= 15 is 0 Å². The fourth-order valence-corrected chi connectivity index (χ4v) is 0.627. The molecule has 0 bridgehead atoms. The average Bonchev–Trinajstić information content (AvgIpc) is 2.03. The van der Waals surface area contributed by atoms with Crippen molar-refractivity contribution in [3.05, 3.63) is 35.9 Å². The molecule has 0 heterocycles. The van der Waals surface area contributed by atoms with Crippen LogP contribution < -0.4 is 18.9 Å². The molecule has 1 aromatic rings. The Labute approximate surface area is 98.4 Å². The van der Waals surface area contributed by atoms with E-state index < -0.39 is 19.1 Å². The molecule has 3 N–H and O–H groups in total. The Morgan fingerprint density at radius 2 is 1.33 bits per heavy atom. The molecule has 1 rings (SSSR count). The molecule has 0 atom stereocenters. The number of hydrogen-bond donors (Lipinski definition) is 3. The second-order valence-electron chi connectivity index (χ2n) is 2.21. The van der Waals surface area contributed by atoms with Gasteiger partial charge in [0.25, 0.3) is 0 Å². The maximum Gasteiger partial charge on any atom is 1.00 e. The molecule has 80 valence electrons. The molecule has 0 saturated heterocycles. The molecule has 0 spiro atoms. The Balaban J connectivity index is -0.000000249. The van der Waals surface area contributed by atoms with E-state index in [1.165, 1.54) is 12.1 Å². The predicted molar refractivity (Wildman–Crippen MR) is 45.0 cm³/mol. The largest absolute Gasteiger partial charge is 1.00 e. The number of hydrogen-bond acceptors (Lipinski definition) is 3. The van der Waals surface area contributed by atoms with Gasteiger partial charge in [0.2, 0.25) is 0 Å². The van der Waals surface area contributed by atoms with Crippen molar-refractivity contribution in [1.82, 2.24) is 0 Å². The molecule has 0 fully saturated rings. The van der Waals surface area contributed by atoms with Crippen molar-refractivity contribution in [2.24, 2.45) is 0 Å². The maximum absolute atomic E-state index is 11.8. The van der Waals surface area contributed by atoms with E-state index in [0.717, 1.165) is 12.1 Å². The second kappa shape index (κ2) is 7.79. The molecule has 3 nitrogen and oxygen atoms in total. The minimum atomic E-state index is -4.21. The van der Waals surface area contributed by atoms with Crippen molar-refractivity contribution < 1.29 is 48.5 Å². The van der Waals surface area contributed by atoms with Gasteiger partial charge in [-0.25, -0.2) is 0 Å². The first-order valence-electron chi connectivity index (χ1n) is 3.50. The van der Waals surface area contributed by atoms with Crippen molar-refractivity contribution in [3.8, 4) is 0 Å². The van der Waals surface area contributed by atoms with Crippen LogP contribution in [0.5, 0.6) is 0 Å². The van der Waals surface area contributed by atoms with Crippen molar-refractivity contribution >= 4 is 7.32 Å². The van der Waals surface area contributed by atoms with Crippen molar-refractivity contribution in [1.29, 1.82) is 0 Å². The number of benzene rings is 1. The zero-order valence-electron chi connectivity index (χ0n) is 8.94. The fraction of sp³-hybridized carbons (Fsp3) is 0.143. The third-order valence-electron chi connectivity index (χ3n) is 1.10. The van der Waals surface area contributed by atoms with Crippen LogP contribution in [-0.4, -0.2) is 22.4 Å². The molecule has 0 amide bonds. The minimum Gasteiger partial charge on any atom is -1.00 e. The van der Waals surface area contributed by atoms with E-state index in [4.69, 9.17) is 15.1 Å². The van der Waals surface area contributed by atoms with Gasteiger partial charge < -0.3 is 16.5 Å². The van der Waals surface area contributed by atoms with E-state index in [1.807, 2.05) is 0 Å².